The van der Waals surface area contributed by atoms with Crippen LogP contribution in [0.4, 0.5) is 4.39 Å². The number of nitrogens with two attached hydrogens (primary N) is 1. The molecule has 2 rings (SSSR count). The Labute approximate surface area is 130 Å². The Kier molecular flexibility index (Phi) is 4.67. The molecule has 1 atom stereocenters. The van der Waals surface area contributed by atoms with Crippen LogP contribution in [-0.2, 0) is 5.41 Å². The Balaban J connectivity index is 2.40. The van der Waals surface area contributed by atoms with Crippen molar-refractivity contribution in [3.63, 3.8) is 0 Å². The van der Waals surface area contributed by atoms with Gasteiger partial charge in [0, 0.05) is 5.02 Å². The van der Waals surface area contributed by atoms with Crippen LogP contribution < -0.4 is 11.3 Å². The molecule has 1 unspecified atom stereocenters. The van der Waals surface area contributed by atoms with Crippen molar-refractivity contribution in [3.8, 4) is 0 Å². The highest BCUT2D eigenvalue weighted by molar-refractivity contribution is 6.31. The standard InChI is InChI=1S/C17H20ClFN2/c1-17(2,3)12-6-4-11(5-7-12)16(21-20)14-10-13(19)8-9-15(14)18/h4-10,16,21H,20H2,1-3H3. The van der Waals surface area contributed by atoms with E-state index in [1.165, 1.54) is 17.7 Å². The number of hydrogen-bond donors (Lipinski definition) is 2. The lowest BCUT2D eigenvalue weighted by atomic mass is 9.86. The van der Waals surface area contributed by atoms with E-state index in [1.807, 2.05) is 12.1 Å². The minimum absolute atomic E-state index is 0.0840. The van der Waals surface area contributed by atoms with Crippen LogP contribution in [0.15, 0.2) is 42.5 Å². The highest BCUT2D eigenvalue weighted by Gasteiger charge is 2.18. The van der Waals surface area contributed by atoms with E-state index in [9.17, 15) is 4.39 Å². The lowest BCUT2D eigenvalue weighted by molar-refractivity contribution is 0.587. The third kappa shape index (κ3) is 3.62. The van der Waals surface area contributed by atoms with E-state index in [2.05, 4.69) is 38.3 Å². The molecule has 21 heavy (non-hydrogen) atoms. The first-order valence-corrected chi connectivity index (χ1v) is 7.22. The molecular weight excluding hydrogens is 287 g/mol. The van der Waals surface area contributed by atoms with E-state index >= 15 is 0 Å². The largest absolute Gasteiger partial charge is 0.271 e. The molecule has 0 aliphatic heterocycles. The van der Waals surface area contributed by atoms with Gasteiger partial charge in [0.1, 0.15) is 5.82 Å². The van der Waals surface area contributed by atoms with Gasteiger partial charge in [0.2, 0.25) is 0 Å². The van der Waals surface area contributed by atoms with Gasteiger partial charge in [0.15, 0.2) is 0 Å². The SMILES string of the molecule is CC(C)(C)c1ccc(C(NN)c2cc(F)ccc2Cl)cc1. The third-order valence-corrected chi connectivity index (χ3v) is 3.89. The Morgan fingerprint density at radius 2 is 1.71 bits per heavy atom. The number of hydrazine groups is 1. The smallest absolute Gasteiger partial charge is 0.123 e. The van der Waals surface area contributed by atoms with Crippen LogP contribution in [0.25, 0.3) is 0 Å². The molecule has 0 spiro atoms. The van der Waals surface area contributed by atoms with E-state index in [-0.39, 0.29) is 17.3 Å². The molecule has 0 amide bonds. The second-order valence-electron chi connectivity index (χ2n) is 6.14. The molecule has 0 aliphatic rings. The summed E-state index contributed by atoms with van der Waals surface area (Å²) in [5, 5.41) is 0.485. The van der Waals surface area contributed by atoms with Gasteiger partial charge >= 0.3 is 0 Å². The Bertz CT molecular complexity index is 618. The predicted molar refractivity (Wildman–Crippen MR) is 85.7 cm³/mol. The van der Waals surface area contributed by atoms with Crippen LogP contribution in [0.5, 0.6) is 0 Å². The van der Waals surface area contributed by atoms with E-state index < -0.39 is 0 Å². The minimum Gasteiger partial charge on any atom is -0.271 e. The van der Waals surface area contributed by atoms with E-state index in [0.29, 0.717) is 10.6 Å². The van der Waals surface area contributed by atoms with Crippen molar-refractivity contribution in [1.82, 2.24) is 5.43 Å². The number of hydrogen-bond acceptors (Lipinski definition) is 2. The number of halogens is 2. The Morgan fingerprint density at radius 1 is 1.10 bits per heavy atom. The molecule has 0 saturated carbocycles. The summed E-state index contributed by atoms with van der Waals surface area (Å²) in [7, 11) is 0. The van der Waals surface area contributed by atoms with Gasteiger partial charge in [0.25, 0.3) is 0 Å². The van der Waals surface area contributed by atoms with Gasteiger partial charge in [0.05, 0.1) is 6.04 Å². The molecule has 3 N–H and O–H groups in total. The molecule has 4 heteroatoms. The van der Waals surface area contributed by atoms with Gasteiger partial charge in [-0.05, 0) is 40.3 Å². The van der Waals surface area contributed by atoms with Gasteiger partial charge in [-0.3, -0.25) is 5.84 Å². The van der Waals surface area contributed by atoms with Crippen molar-refractivity contribution in [1.29, 1.82) is 0 Å². The van der Waals surface area contributed by atoms with Crippen LogP contribution in [-0.4, -0.2) is 0 Å². The highest BCUT2D eigenvalue weighted by atomic mass is 35.5. The minimum atomic E-state index is -0.345. The Morgan fingerprint density at radius 3 is 2.24 bits per heavy atom. The van der Waals surface area contributed by atoms with Gasteiger partial charge in [-0.2, -0.15) is 0 Å². The summed E-state index contributed by atoms with van der Waals surface area (Å²) in [6.45, 7) is 6.47. The lowest BCUT2D eigenvalue weighted by Gasteiger charge is -2.22. The molecule has 0 aliphatic carbocycles. The van der Waals surface area contributed by atoms with Crippen LogP contribution in [0.1, 0.15) is 43.5 Å². The van der Waals surface area contributed by atoms with Crippen molar-refractivity contribution in [3.05, 3.63) is 70.0 Å². The number of nitrogens with one attached hydrogen (secondary N) is 1. The molecule has 2 aromatic carbocycles. The maximum atomic E-state index is 13.5. The van der Waals surface area contributed by atoms with Gasteiger partial charge < -0.3 is 0 Å². The first-order chi connectivity index (χ1) is 9.82. The summed E-state index contributed by atoms with van der Waals surface area (Å²) < 4.78 is 13.5. The molecular formula is C17H20ClFN2. The second-order valence-corrected chi connectivity index (χ2v) is 6.54. The fourth-order valence-electron chi connectivity index (χ4n) is 2.28. The number of benzene rings is 2. The van der Waals surface area contributed by atoms with E-state index in [0.717, 1.165) is 5.56 Å². The molecule has 0 heterocycles. The molecule has 0 aromatic heterocycles. The summed E-state index contributed by atoms with van der Waals surface area (Å²) in [5.74, 6) is 5.32. The fraction of sp³-hybridized carbons (Fsp3) is 0.294. The third-order valence-electron chi connectivity index (χ3n) is 3.55. The molecule has 0 radical (unpaired) electrons. The summed E-state index contributed by atoms with van der Waals surface area (Å²) in [6, 6.07) is 12.0. The predicted octanol–water partition coefficient (Wildman–Crippen LogP) is 4.33. The van der Waals surface area contributed by atoms with Crippen LogP contribution >= 0.6 is 11.6 Å². The lowest BCUT2D eigenvalue weighted by Crippen LogP contribution is -2.29. The Hall–Kier alpha value is -1.42. The fourth-order valence-corrected chi connectivity index (χ4v) is 2.50. The average molecular weight is 307 g/mol. The number of rotatable bonds is 3. The summed E-state index contributed by atoms with van der Waals surface area (Å²) in [4.78, 5) is 0. The van der Waals surface area contributed by atoms with E-state index in [1.54, 1.807) is 6.07 Å². The van der Waals surface area contributed by atoms with Crippen molar-refractivity contribution in [2.45, 2.75) is 32.2 Å². The zero-order valence-corrected chi connectivity index (χ0v) is 13.2. The quantitative estimate of drug-likeness (QED) is 0.654. The van der Waals surface area contributed by atoms with Crippen LogP contribution in [0.3, 0.4) is 0 Å². The molecule has 0 bridgehead atoms. The first-order valence-electron chi connectivity index (χ1n) is 6.84. The van der Waals surface area contributed by atoms with Gasteiger partial charge in [-0.25, -0.2) is 9.82 Å². The highest BCUT2D eigenvalue weighted by Crippen LogP contribution is 2.30. The zero-order chi connectivity index (χ0) is 15.6. The van der Waals surface area contributed by atoms with Gasteiger partial charge in [-0.15, -0.1) is 0 Å². The topological polar surface area (TPSA) is 38.0 Å². The summed E-state index contributed by atoms with van der Waals surface area (Å²) in [5.41, 5.74) is 5.59. The maximum Gasteiger partial charge on any atom is 0.123 e. The zero-order valence-electron chi connectivity index (χ0n) is 12.5. The molecule has 2 aromatic rings. The van der Waals surface area contributed by atoms with Crippen molar-refractivity contribution >= 4 is 11.6 Å². The van der Waals surface area contributed by atoms with Gasteiger partial charge in [-0.1, -0.05) is 56.6 Å². The molecule has 2 nitrogen and oxygen atoms in total. The normalized spacial score (nSPS) is 13.2. The first kappa shape index (κ1) is 16.0. The average Bonchev–Trinajstić information content (AvgIpc) is 2.43. The molecule has 0 saturated heterocycles. The summed E-state index contributed by atoms with van der Waals surface area (Å²) in [6.07, 6.45) is 0. The van der Waals surface area contributed by atoms with Crippen LogP contribution in [0.2, 0.25) is 5.02 Å². The second kappa shape index (κ2) is 6.14. The molecule has 112 valence electrons. The summed E-state index contributed by atoms with van der Waals surface area (Å²) >= 11 is 6.16. The maximum absolute atomic E-state index is 13.5. The van der Waals surface area contributed by atoms with Crippen molar-refractivity contribution < 1.29 is 4.39 Å². The monoisotopic (exact) mass is 306 g/mol. The van der Waals surface area contributed by atoms with Crippen molar-refractivity contribution in [2.75, 3.05) is 0 Å². The van der Waals surface area contributed by atoms with E-state index in [4.69, 9.17) is 17.4 Å². The van der Waals surface area contributed by atoms with Crippen LogP contribution in [0, 0.1) is 5.82 Å². The van der Waals surface area contributed by atoms with Crippen molar-refractivity contribution in [2.24, 2.45) is 5.84 Å². The molecule has 0 fully saturated rings.